The summed E-state index contributed by atoms with van der Waals surface area (Å²) in [6.45, 7) is 1.20. The number of aliphatic imine (C=N–C) groups is 1. The molecule has 0 bridgehead atoms. The number of halogens is 1. The molecule has 34 heavy (non-hydrogen) atoms. The number of guanidine groups is 1. The van der Waals surface area contributed by atoms with Crippen LogP contribution in [0.2, 0.25) is 0 Å². The molecule has 0 fully saturated rings. The number of fused-ring (bicyclic) bond motifs is 1. The minimum Gasteiger partial charge on any atom is -0.493 e. The monoisotopic (exact) mass is 574 g/mol. The number of benzene rings is 2. The van der Waals surface area contributed by atoms with E-state index in [2.05, 4.69) is 21.8 Å². The highest BCUT2D eigenvalue weighted by Gasteiger charge is 2.22. The third-order valence-electron chi connectivity index (χ3n) is 5.53. The number of aromatic nitrogens is 2. The maximum Gasteiger partial charge on any atom is 0.241 e. The van der Waals surface area contributed by atoms with Crippen LogP contribution >= 0.6 is 24.0 Å². The molecule has 0 saturated heterocycles. The van der Waals surface area contributed by atoms with Crippen LogP contribution in [0.5, 0.6) is 5.75 Å². The zero-order chi connectivity index (χ0) is 23.2. The van der Waals surface area contributed by atoms with Crippen LogP contribution in [0, 0.1) is 0 Å². The Bertz CT molecular complexity index is 1130. The summed E-state index contributed by atoms with van der Waals surface area (Å²) in [6.07, 6.45) is 2.79. The maximum absolute atomic E-state index is 12.2. The van der Waals surface area contributed by atoms with E-state index in [1.165, 1.54) is 0 Å². The number of nitrogens with zero attached hydrogens (tertiary/aromatic N) is 4. The van der Waals surface area contributed by atoms with Gasteiger partial charge in [-0.3, -0.25) is 9.48 Å². The molecule has 0 saturated carbocycles. The van der Waals surface area contributed by atoms with Crippen LogP contribution in [0.25, 0.3) is 11.3 Å². The summed E-state index contributed by atoms with van der Waals surface area (Å²) in [5, 5.41) is 11.3. The largest absolute Gasteiger partial charge is 0.493 e. The topological polar surface area (TPSA) is 83.8 Å². The first kappa shape index (κ1) is 25.5. The second kappa shape index (κ2) is 11.9. The van der Waals surface area contributed by atoms with Gasteiger partial charge in [0.2, 0.25) is 5.91 Å². The molecule has 8 nitrogen and oxygen atoms in total. The molecule has 180 valence electrons. The molecule has 3 aromatic rings. The summed E-state index contributed by atoms with van der Waals surface area (Å²) in [5.74, 6) is 1.43. The van der Waals surface area contributed by atoms with Gasteiger partial charge in [-0.25, -0.2) is 4.99 Å². The number of carbonyl (C=O) groups is 1. The van der Waals surface area contributed by atoms with Crippen LogP contribution in [0.4, 0.5) is 0 Å². The quantitative estimate of drug-likeness (QED) is 0.268. The second-order valence-electron chi connectivity index (χ2n) is 8.22. The maximum atomic E-state index is 12.2. The minimum absolute atomic E-state index is 0. The molecule has 0 radical (unpaired) electrons. The Balaban J connectivity index is 0.00000324. The SMILES string of the molecule is CN(C)C(=O)CNC(=NCc1cn(C)nc1-c1ccccc1)NC1CCOc2ccccc21.I. The summed E-state index contributed by atoms with van der Waals surface area (Å²) >= 11 is 0. The van der Waals surface area contributed by atoms with Crippen molar-refractivity contribution in [3.63, 3.8) is 0 Å². The normalized spacial score (nSPS) is 14.9. The number of amides is 1. The molecule has 0 spiro atoms. The zero-order valence-corrected chi connectivity index (χ0v) is 22.0. The van der Waals surface area contributed by atoms with Crippen molar-refractivity contribution in [3.8, 4) is 17.0 Å². The fourth-order valence-corrected chi connectivity index (χ4v) is 3.78. The Kier molecular flexibility index (Phi) is 8.91. The van der Waals surface area contributed by atoms with Crippen molar-refractivity contribution in [2.24, 2.45) is 12.0 Å². The highest BCUT2D eigenvalue weighted by molar-refractivity contribution is 14.0. The van der Waals surface area contributed by atoms with Crippen LogP contribution in [0.15, 0.2) is 65.8 Å². The van der Waals surface area contributed by atoms with Crippen molar-refractivity contribution in [2.75, 3.05) is 27.2 Å². The number of hydrogen-bond donors (Lipinski definition) is 2. The van der Waals surface area contributed by atoms with Crippen LogP contribution in [0.1, 0.15) is 23.6 Å². The number of likely N-dealkylation sites (N-methyl/N-ethyl adjacent to an activating group) is 1. The third-order valence-corrected chi connectivity index (χ3v) is 5.53. The van der Waals surface area contributed by atoms with Gasteiger partial charge in [0.1, 0.15) is 5.75 Å². The molecule has 4 rings (SSSR count). The predicted molar refractivity (Wildman–Crippen MR) is 144 cm³/mol. The van der Waals surface area contributed by atoms with Crippen molar-refractivity contribution in [2.45, 2.75) is 19.0 Å². The molecule has 0 aliphatic carbocycles. The fraction of sp³-hybridized carbons (Fsp3) is 0.320. The first-order chi connectivity index (χ1) is 16.0. The van der Waals surface area contributed by atoms with Gasteiger partial charge in [-0.2, -0.15) is 5.10 Å². The number of para-hydroxylation sites is 1. The molecule has 1 amide bonds. The van der Waals surface area contributed by atoms with Crippen LogP contribution in [-0.2, 0) is 18.4 Å². The molecule has 1 atom stereocenters. The van der Waals surface area contributed by atoms with Gasteiger partial charge in [-0.05, 0) is 6.07 Å². The van der Waals surface area contributed by atoms with Gasteiger partial charge in [0.05, 0.1) is 31.4 Å². The van der Waals surface area contributed by atoms with E-state index in [1.807, 2.05) is 61.8 Å². The van der Waals surface area contributed by atoms with Gasteiger partial charge in [0, 0.05) is 50.5 Å². The Morgan fingerprint density at radius 2 is 1.91 bits per heavy atom. The van der Waals surface area contributed by atoms with E-state index in [1.54, 1.807) is 23.7 Å². The van der Waals surface area contributed by atoms with Gasteiger partial charge in [-0.1, -0.05) is 48.5 Å². The summed E-state index contributed by atoms with van der Waals surface area (Å²) in [5.41, 5.74) is 4.05. The van der Waals surface area contributed by atoms with Crippen molar-refractivity contribution >= 4 is 35.8 Å². The number of hydrogen-bond acceptors (Lipinski definition) is 4. The van der Waals surface area contributed by atoms with E-state index in [0.717, 1.165) is 34.6 Å². The number of aryl methyl sites for hydroxylation is 1. The third kappa shape index (κ3) is 6.28. The van der Waals surface area contributed by atoms with E-state index in [0.29, 0.717) is 19.1 Å². The smallest absolute Gasteiger partial charge is 0.241 e. The van der Waals surface area contributed by atoms with E-state index in [-0.39, 0.29) is 42.5 Å². The lowest BCUT2D eigenvalue weighted by Crippen LogP contribution is -2.45. The molecule has 1 aliphatic heterocycles. The lowest BCUT2D eigenvalue weighted by Gasteiger charge is -2.28. The van der Waals surface area contributed by atoms with Crippen LogP contribution in [-0.4, -0.2) is 53.8 Å². The van der Waals surface area contributed by atoms with E-state index in [4.69, 9.17) is 9.73 Å². The van der Waals surface area contributed by atoms with Gasteiger partial charge in [0.25, 0.3) is 0 Å². The number of carbonyl (C=O) groups excluding carboxylic acids is 1. The Morgan fingerprint density at radius 1 is 1.18 bits per heavy atom. The van der Waals surface area contributed by atoms with Crippen molar-refractivity contribution < 1.29 is 9.53 Å². The summed E-state index contributed by atoms with van der Waals surface area (Å²) in [4.78, 5) is 18.6. The second-order valence-corrected chi connectivity index (χ2v) is 8.22. The molecule has 2 N–H and O–H groups in total. The minimum atomic E-state index is -0.0248. The van der Waals surface area contributed by atoms with Crippen LogP contribution in [0.3, 0.4) is 0 Å². The number of ether oxygens (including phenoxy) is 1. The number of nitrogens with one attached hydrogen (secondary N) is 2. The average Bonchev–Trinajstić information content (AvgIpc) is 3.21. The Hall–Kier alpha value is -3.08. The van der Waals surface area contributed by atoms with Crippen LogP contribution < -0.4 is 15.4 Å². The van der Waals surface area contributed by atoms with Gasteiger partial charge >= 0.3 is 0 Å². The summed E-state index contributed by atoms with van der Waals surface area (Å²) in [7, 11) is 5.39. The van der Waals surface area contributed by atoms with Crippen molar-refractivity contribution in [1.29, 1.82) is 0 Å². The van der Waals surface area contributed by atoms with E-state index in [9.17, 15) is 4.79 Å². The highest BCUT2D eigenvalue weighted by Crippen LogP contribution is 2.31. The summed E-state index contributed by atoms with van der Waals surface area (Å²) in [6, 6.07) is 18.1. The predicted octanol–water partition coefficient (Wildman–Crippen LogP) is 3.35. The van der Waals surface area contributed by atoms with Gasteiger partial charge < -0.3 is 20.3 Å². The van der Waals surface area contributed by atoms with Crippen molar-refractivity contribution in [3.05, 3.63) is 71.9 Å². The zero-order valence-electron chi connectivity index (χ0n) is 19.7. The molecule has 9 heteroatoms. The Morgan fingerprint density at radius 3 is 2.68 bits per heavy atom. The highest BCUT2D eigenvalue weighted by atomic mass is 127. The van der Waals surface area contributed by atoms with E-state index < -0.39 is 0 Å². The van der Waals surface area contributed by atoms with Gasteiger partial charge in [0.15, 0.2) is 5.96 Å². The lowest BCUT2D eigenvalue weighted by molar-refractivity contribution is -0.127. The average molecular weight is 574 g/mol. The molecule has 2 aromatic carbocycles. The molecule has 1 aromatic heterocycles. The number of rotatable bonds is 6. The molecule has 1 unspecified atom stereocenters. The Labute approximate surface area is 217 Å². The first-order valence-electron chi connectivity index (χ1n) is 11.1. The lowest BCUT2D eigenvalue weighted by atomic mass is 10.0. The van der Waals surface area contributed by atoms with Crippen molar-refractivity contribution in [1.82, 2.24) is 25.3 Å². The fourth-order valence-electron chi connectivity index (χ4n) is 3.78. The molecule has 2 heterocycles. The first-order valence-corrected chi connectivity index (χ1v) is 11.1. The summed E-state index contributed by atoms with van der Waals surface area (Å²) < 4.78 is 7.59. The molecular weight excluding hydrogens is 543 g/mol. The van der Waals surface area contributed by atoms with E-state index >= 15 is 0 Å². The molecular formula is C25H31IN6O2. The van der Waals surface area contributed by atoms with Gasteiger partial charge in [-0.15, -0.1) is 24.0 Å². The molecule has 1 aliphatic rings. The standard InChI is InChI=1S/C25H30N6O2.HI/c1-30(2)23(32)16-27-25(28-21-13-14-33-22-12-8-7-11-20(21)22)26-15-19-17-31(3)29-24(19)18-9-5-4-6-10-18;/h4-12,17,21H,13-16H2,1-3H3,(H2,26,27,28);1H.